The number of aryl methyl sites for hydroxylation is 2. The first-order valence-corrected chi connectivity index (χ1v) is 8.72. The quantitative estimate of drug-likeness (QED) is 0.775. The molecule has 0 saturated carbocycles. The molecule has 1 N–H and O–H groups in total. The van der Waals surface area contributed by atoms with Crippen molar-refractivity contribution in [2.75, 3.05) is 7.11 Å². The van der Waals surface area contributed by atoms with Crippen LogP contribution in [0.5, 0.6) is 5.88 Å². The minimum atomic E-state index is -0.270. The largest absolute Gasteiger partial charge is 0.481 e. The minimum absolute atomic E-state index is 0.0114. The third-order valence-corrected chi connectivity index (χ3v) is 4.78. The van der Waals surface area contributed by atoms with E-state index >= 15 is 0 Å². The van der Waals surface area contributed by atoms with Gasteiger partial charge in [-0.1, -0.05) is 12.1 Å². The van der Waals surface area contributed by atoms with Crippen LogP contribution >= 0.6 is 0 Å². The van der Waals surface area contributed by atoms with Crippen LogP contribution < -0.4 is 15.9 Å². The van der Waals surface area contributed by atoms with Gasteiger partial charge in [0.2, 0.25) is 11.5 Å². The summed E-state index contributed by atoms with van der Waals surface area (Å²) in [4.78, 5) is 23.9. The van der Waals surface area contributed by atoms with Crippen LogP contribution in [-0.4, -0.2) is 21.6 Å². The molecule has 3 heterocycles. The van der Waals surface area contributed by atoms with Gasteiger partial charge in [0.15, 0.2) is 0 Å². The lowest BCUT2D eigenvalue weighted by Crippen LogP contribution is -2.32. The molecular formula is C20H19FN4O2. The summed E-state index contributed by atoms with van der Waals surface area (Å²) in [6.07, 6.45) is 1.58. The highest BCUT2D eigenvalue weighted by molar-refractivity contribution is 5.43. The fourth-order valence-corrected chi connectivity index (χ4v) is 3.48. The Morgan fingerprint density at radius 1 is 1.26 bits per heavy atom. The Kier molecular flexibility index (Phi) is 4.35. The number of aromatic nitrogens is 3. The molecule has 1 atom stereocenters. The number of pyridine rings is 1. The molecule has 0 fully saturated rings. The molecule has 1 aromatic carbocycles. The van der Waals surface area contributed by atoms with Gasteiger partial charge in [0.1, 0.15) is 5.82 Å². The fourth-order valence-electron chi connectivity index (χ4n) is 3.48. The second-order valence-corrected chi connectivity index (χ2v) is 6.49. The standard InChI is InChI=1S/C20H19FN4O2/c1-12-16(8-10-19(22-12)27-2)23-20-24-18(26)11-15-7-9-17(25(15)20)13-3-5-14(21)6-4-13/h3-6,8,10-11,17H,7,9H2,1-2H3,(H,23,24,26). The van der Waals surface area contributed by atoms with Gasteiger partial charge in [0, 0.05) is 17.8 Å². The van der Waals surface area contributed by atoms with Gasteiger partial charge in [0.25, 0.3) is 5.56 Å². The average Bonchev–Trinajstić information content (AvgIpc) is 3.07. The summed E-state index contributed by atoms with van der Waals surface area (Å²) in [6.45, 7) is 1.84. The molecule has 2 aromatic heterocycles. The third-order valence-electron chi connectivity index (χ3n) is 4.78. The maximum Gasteiger partial charge on any atom is 0.252 e. The summed E-state index contributed by atoms with van der Waals surface area (Å²) in [5.41, 5.74) is 3.50. The van der Waals surface area contributed by atoms with Crippen molar-refractivity contribution in [3.63, 3.8) is 0 Å². The first kappa shape index (κ1) is 17.2. The van der Waals surface area contributed by atoms with Gasteiger partial charge >= 0.3 is 0 Å². The highest BCUT2D eigenvalue weighted by Gasteiger charge is 2.24. The van der Waals surface area contributed by atoms with Crippen LogP contribution in [0.2, 0.25) is 0 Å². The van der Waals surface area contributed by atoms with Crippen LogP contribution in [-0.2, 0) is 6.42 Å². The Morgan fingerprint density at radius 2 is 2.04 bits per heavy atom. The first-order valence-electron chi connectivity index (χ1n) is 8.72. The zero-order valence-corrected chi connectivity index (χ0v) is 15.1. The van der Waals surface area contributed by atoms with Gasteiger partial charge in [-0.2, -0.15) is 0 Å². The molecule has 3 aromatic rings. The maximum absolute atomic E-state index is 13.3. The van der Waals surface area contributed by atoms with E-state index in [-0.39, 0.29) is 17.4 Å². The van der Waals surface area contributed by atoms with Crippen molar-refractivity contribution in [1.29, 1.82) is 0 Å². The fraction of sp³-hybridized carbons (Fsp3) is 0.250. The molecule has 0 radical (unpaired) electrons. The lowest BCUT2D eigenvalue weighted by atomic mass is 10.0. The highest BCUT2D eigenvalue weighted by atomic mass is 19.1. The predicted octanol–water partition coefficient (Wildman–Crippen LogP) is 2.80. The number of hydrogen-bond acceptors (Lipinski definition) is 4. The van der Waals surface area contributed by atoms with E-state index in [1.54, 1.807) is 37.4 Å². The molecule has 138 valence electrons. The molecule has 1 aliphatic rings. The Labute approximate surface area is 155 Å². The molecule has 4 rings (SSSR count). The van der Waals surface area contributed by atoms with Gasteiger partial charge < -0.3 is 9.30 Å². The lowest BCUT2D eigenvalue weighted by Gasteiger charge is -2.16. The average molecular weight is 366 g/mol. The highest BCUT2D eigenvalue weighted by Crippen LogP contribution is 2.29. The van der Waals surface area contributed by atoms with Gasteiger partial charge in [0.05, 0.1) is 24.5 Å². The van der Waals surface area contributed by atoms with Crippen LogP contribution in [0, 0.1) is 12.7 Å². The summed E-state index contributed by atoms with van der Waals surface area (Å²) in [5, 5.41) is 0. The summed E-state index contributed by atoms with van der Waals surface area (Å²) in [7, 11) is 1.56. The summed E-state index contributed by atoms with van der Waals surface area (Å²) in [5.74, 6) is 0.239. The van der Waals surface area contributed by atoms with Gasteiger partial charge in [-0.25, -0.2) is 14.4 Å². The lowest BCUT2D eigenvalue weighted by molar-refractivity contribution is 0.397. The van der Waals surface area contributed by atoms with Crippen LogP contribution in [0.3, 0.4) is 0 Å². The van der Waals surface area contributed by atoms with Gasteiger partial charge in [-0.15, -0.1) is 0 Å². The van der Waals surface area contributed by atoms with Crippen molar-refractivity contribution in [3.05, 3.63) is 81.2 Å². The minimum Gasteiger partial charge on any atom is -0.481 e. The van der Waals surface area contributed by atoms with E-state index in [1.165, 1.54) is 12.1 Å². The van der Waals surface area contributed by atoms with Crippen molar-refractivity contribution in [1.82, 2.24) is 14.5 Å². The smallest absolute Gasteiger partial charge is 0.252 e. The van der Waals surface area contributed by atoms with Crippen LogP contribution in [0.4, 0.5) is 10.1 Å². The zero-order valence-electron chi connectivity index (χ0n) is 15.1. The van der Waals surface area contributed by atoms with Crippen molar-refractivity contribution in [3.8, 4) is 5.88 Å². The number of benzene rings is 1. The van der Waals surface area contributed by atoms with E-state index < -0.39 is 0 Å². The molecule has 0 aliphatic carbocycles. The number of nitrogens with one attached hydrogen (secondary N) is 1. The molecule has 1 unspecified atom stereocenters. The molecule has 0 spiro atoms. The van der Waals surface area contributed by atoms with Crippen molar-refractivity contribution < 1.29 is 9.13 Å². The van der Waals surface area contributed by atoms with Crippen LogP contribution in [0.25, 0.3) is 0 Å². The first-order chi connectivity index (χ1) is 13.0. The Hall–Kier alpha value is -3.22. The normalized spacial score (nSPS) is 16.4. The summed E-state index contributed by atoms with van der Waals surface area (Å²) in [6, 6.07) is 11.6. The summed E-state index contributed by atoms with van der Waals surface area (Å²) < 4.78 is 20.4. The Morgan fingerprint density at radius 3 is 2.74 bits per heavy atom. The molecule has 0 saturated heterocycles. The van der Waals surface area contributed by atoms with E-state index in [0.717, 1.165) is 24.1 Å². The molecule has 1 aliphatic heterocycles. The number of methoxy groups -OCH3 is 1. The predicted molar refractivity (Wildman–Crippen MR) is 98.7 cm³/mol. The number of H-pyrrole nitrogens is 1. The second kappa shape index (κ2) is 6.83. The van der Waals surface area contributed by atoms with Crippen molar-refractivity contribution >= 4 is 5.69 Å². The van der Waals surface area contributed by atoms with Crippen LogP contribution in [0.15, 0.2) is 52.3 Å². The molecule has 6 nitrogen and oxygen atoms in total. The third kappa shape index (κ3) is 3.28. The number of halogens is 1. The topological polar surface area (TPSA) is 72.3 Å². The van der Waals surface area contributed by atoms with Gasteiger partial charge in [-0.05, 0) is 43.5 Å². The van der Waals surface area contributed by atoms with E-state index in [2.05, 4.69) is 15.0 Å². The van der Waals surface area contributed by atoms with E-state index in [1.807, 2.05) is 11.5 Å². The molecule has 7 heteroatoms. The molecule has 0 amide bonds. The number of hydrogen-bond donors (Lipinski definition) is 1. The maximum atomic E-state index is 13.3. The summed E-state index contributed by atoms with van der Waals surface area (Å²) >= 11 is 0. The number of rotatable bonds is 3. The number of ether oxygens (including phenoxy) is 1. The molecular weight excluding hydrogens is 347 g/mol. The monoisotopic (exact) mass is 366 g/mol. The van der Waals surface area contributed by atoms with Crippen LogP contribution in [0.1, 0.15) is 29.4 Å². The van der Waals surface area contributed by atoms with E-state index in [4.69, 9.17) is 4.74 Å². The molecule has 0 bridgehead atoms. The number of aromatic amines is 1. The van der Waals surface area contributed by atoms with E-state index in [0.29, 0.717) is 22.9 Å². The Bertz CT molecular complexity index is 1120. The number of nitrogens with zero attached hydrogens (tertiary/aromatic N) is 3. The molecule has 27 heavy (non-hydrogen) atoms. The van der Waals surface area contributed by atoms with Gasteiger partial charge in [-0.3, -0.25) is 9.78 Å². The van der Waals surface area contributed by atoms with E-state index in [9.17, 15) is 9.18 Å². The van der Waals surface area contributed by atoms with Crippen molar-refractivity contribution in [2.24, 2.45) is 4.99 Å². The SMILES string of the molecule is COc1ccc(/N=c2\[nH]c(=O)cc3n2C(c2ccc(F)cc2)CC3)c(C)n1. The van der Waals surface area contributed by atoms with Crippen molar-refractivity contribution in [2.45, 2.75) is 25.8 Å². The second-order valence-electron chi connectivity index (χ2n) is 6.49. The number of fused-ring (bicyclic) bond motifs is 1. The Balaban J connectivity index is 1.88. The zero-order chi connectivity index (χ0) is 19.0.